The minimum absolute atomic E-state index is 0.140. The number of nitrogens with zero attached hydrogens (tertiary/aromatic N) is 2. The molecule has 0 radical (unpaired) electrons. The number of nitrogens with one attached hydrogen (secondary N) is 1. The Labute approximate surface area is 167 Å². The van der Waals surface area contributed by atoms with E-state index in [1.165, 1.54) is 0 Å². The van der Waals surface area contributed by atoms with E-state index in [1.807, 2.05) is 47.4 Å². The number of likely N-dealkylation sites (tertiary alicyclic amines) is 1. The molecule has 0 atom stereocenters. The molecule has 2 aromatic carbocycles. The lowest BCUT2D eigenvalue weighted by molar-refractivity contribution is -0.128. The third-order valence-corrected chi connectivity index (χ3v) is 5.15. The van der Waals surface area contributed by atoms with Crippen LogP contribution in [0.3, 0.4) is 0 Å². The van der Waals surface area contributed by atoms with Crippen molar-refractivity contribution >= 4 is 23.2 Å². The normalized spacial score (nSPS) is 13.9. The van der Waals surface area contributed by atoms with Crippen molar-refractivity contribution in [2.75, 3.05) is 23.3 Å². The summed E-state index contributed by atoms with van der Waals surface area (Å²) in [5, 5.41) is 2.96. The fraction of sp³-hybridized carbons (Fsp3) is 0.391. The van der Waals surface area contributed by atoms with Gasteiger partial charge in [0, 0.05) is 49.0 Å². The molecule has 0 saturated carbocycles. The first-order valence-corrected chi connectivity index (χ1v) is 10.0. The van der Waals surface area contributed by atoms with Crippen molar-refractivity contribution in [2.45, 2.75) is 46.2 Å². The lowest BCUT2D eigenvalue weighted by atomic mass is 10.1. The Morgan fingerprint density at radius 1 is 1.18 bits per heavy atom. The second-order valence-electron chi connectivity index (χ2n) is 7.50. The van der Waals surface area contributed by atoms with Crippen LogP contribution in [0, 0.1) is 0 Å². The Kier molecular flexibility index (Phi) is 6.34. The SMILES string of the molecule is CCN(c1ccc(NC(=O)c2cccc(CN3CCCC3=O)c2)cc1)C(C)C. The number of hydrogen-bond acceptors (Lipinski definition) is 3. The van der Waals surface area contributed by atoms with Crippen LogP contribution in [0.4, 0.5) is 11.4 Å². The lowest BCUT2D eigenvalue weighted by Gasteiger charge is -2.27. The fourth-order valence-electron chi connectivity index (χ4n) is 3.69. The third kappa shape index (κ3) is 4.71. The smallest absolute Gasteiger partial charge is 0.255 e. The molecule has 0 spiro atoms. The molecule has 1 saturated heterocycles. The monoisotopic (exact) mass is 379 g/mol. The Bertz CT molecular complexity index is 830. The van der Waals surface area contributed by atoms with E-state index in [0.717, 1.165) is 36.4 Å². The van der Waals surface area contributed by atoms with Gasteiger partial charge >= 0.3 is 0 Å². The van der Waals surface area contributed by atoms with E-state index in [9.17, 15) is 9.59 Å². The zero-order valence-corrected chi connectivity index (χ0v) is 16.9. The summed E-state index contributed by atoms with van der Waals surface area (Å²) in [6.07, 6.45) is 1.55. The van der Waals surface area contributed by atoms with E-state index in [-0.39, 0.29) is 11.8 Å². The van der Waals surface area contributed by atoms with E-state index in [1.54, 1.807) is 6.07 Å². The first-order chi connectivity index (χ1) is 13.5. The minimum atomic E-state index is -0.140. The molecule has 5 nitrogen and oxygen atoms in total. The minimum Gasteiger partial charge on any atom is -0.369 e. The number of carbonyl (C=O) groups is 2. The first kappa shape index (κ1) is 19.9. The summed E-state index contributed by atoms with van der Waals surface area (Å²) in [4.78, 5) is 28.6. The molecule has 1 heterocycles. The third-order valence-electron chi connectivity index (χ3n) is 5.15. The number of carbonyl (C=O) groups excluding carboxylic acids is 2. The summed E-state index contributed by atoms with van der Waals surface area (Å²) in [7, 11) is 0. The van der Waals surface area contributed by atoms with Gasteiger partial charge in [0.05, 0.1) is 0 Å². The highest BCUT2D eigenvalue weighted by molar-refractivity contribution is 6.04. The molecule has 0 aliphatic carbocycles. The van der Waals surface area contributed by atoms with Crippen molar-refractivity contribution in [3.8, 4) is 0 Å². The van der Waals surface area contributed by atoms with Gasteiger partial charge in [-0.25, -0.2) is 0 Å². The molecular formula is C23H29N3O2. The predicted molar refractivity (Wildman–Crippen MR) is 114 cm³/mol. The summed E-state index contributed by atoms with van der Waals surface area (Å²) in [5.41, 5.74) is 3.50. The fourth-order valence-corrected chi connectivity index (χ4v) is 3.69. The van der Waals surface area contributed by atoms with Crippen LogP contribution >= 0.6 is 0 Å². The van der Waals surface area contributed by atoms with Crippen molar-refractivity contribution in [1.29, 1.82) is 0 Å². The molecule has 1 N–H and O–H groups in total. The Hall–Kier alpha value is -2.82. The van der Waals surface area contributed by atoms with Gasteiger partial charge in [-0.05, 0) is 69.2 Å². The highest BCUT2D eigenvalue weighted by Crippen LogP contribution is 2.21. The maximum atomic E-state index is 12.6. The lowest BCUT2D eigenvalue weighted by Crippen LogP contribution is -2.30. The van der Waals surface area contributed by atoms with Crippen LogP contribution in [-0.2, 0) is 11.3 Å². The summed E-state index contributed by atoms with van der Waals surface area (Å²) in [5.74, 6) is 0.0519. The molecule has 1 aliphatic heterocycles. The summed E-state index contributed by atoms with van der Waals surface area (Å²) in [6, 6.07) is 15.9. The van der Waals surface area contributed by atoms with Crippen LogP contribution < -0.4 is 10.2 Å². The molecule has 2 amide bonds. The number of benzene rings is 2. The first-order valence-electron chi connectivity index (χ1n) is 10.0. The highest BCUT2D eigenvalue weighted by Gasteiger charge is 2.20. The van der Waals surface area contributed by atoms with Gasteiger partial charge in [-0.2, -0.15) is 0 Å². The molecular weight excluding hydrogens is 350 g/mol. The van der Waals surface area contributed by atoms with Crippen molar-refractivity contribution in [3.63, 3.8) is 0 Å². The van der Waals surface area contributed by atoms with Gasteiger partial charge in [-0.3, -0.25) is 9.59 Å². The van der Waals surface area contributed by atoms with Crippen LogP contribution in [0.25, 0.3) is 0 Å². The second-order valence-corrected chi connectivity index (χ2v) is 7.50. The molecule has 0 aromatic heterocycles. The van der Waals surface area contributed by atoms with Gasteiger partial charge in [0.15, 0.2) is 0 Å². The molecule has 1 aliphatic rings. The summed E-state index contributed by atoms with van der Waals surface area (Å²) in [6.45, 7) is 8.78. The summed E-state index contributed by atoms with van der Waals surface area (Å²) >= 11 is 0. The van der Waals surface area contributed by atoms with Crippen LogP contribution in [0.1, 0.15) is 49.5 Å². The standard InChI is InChI=1S/C23H29N3O2/c1-4-26(17(2)3)21-12-10-20(11-13-21)24-23(28)19-8-5-7-18(15-19)16-25-14-6-9-22(25)27/h5,7-8,10-13,15,17H,4,6,9,14,16H2,1-3H3,(H,24,28). The Morgan fingerprint density at radius 3 is 2.54 bits per heavy atom. The molecule has 0 bridgehead atoms. The van der Waals surface area contributed by atoms with Gasteiger partial charge < -0.3 is 15.1 Å². The van der Waals surface area contributed by atoms with Gasteiger partial charge in [0.2, 0.25) is 5.91 Å². The van der Waals surface area contributed by atoms with E-state index < -0.39 is 0 Å². The number of hydrogen-bond donors (Lipinski definition) is 1. The van der Waals surface area contributed by atoms with Crippen LogP contribution in [0.15, 0.2) is 48.5 Å². The largest absolute Gasteiger partial charge is 0.369 e. The molecule has 1 fully saturated rings. The van der Waals surface area contributed by atoms with Crippen LogP contribution in [0.2, 0.25) is 0 Å². The molecule has 148 valence electrons. The molecule has 5 heteroatoms. The molecule has 0 unspecified atom stereocenters. The number of rotatable bonds is 7. The number of amides is 2. The maximum absolute atomic E-state index is 12.6. The highest BCUT2D eigenvalue weighted by atomic mass is 16.2. The van der Waals surface area contributed by atoms with Crippen molar-refractivity contribution < 1.29 is 9.59 Å². The quantitative estimate of drug-likeness (QED) is 0.780. The van der Waals surface area contributed by atoms with E-state index in [2.05, 4.69) is 31.0 Å². The van der Waals surface area contributed by atoms with Gasteiger partial charge in [-0.15, -0.1) is 0 Å². The van der Waals surface area contributed by atoms with Crippen molar-refractivity contribution in [1.82, 2.24) is 4.90 Å². The zero-order valence-electron chi connectivity index (χ0n) is 16.9. The van der Waals surface area contributed by atoms with E-state index in [0.29, 0.717) is 24.6 Å². The van der Waals surface area contributed by atoms with Crippen LogP contribution in [-0.4, -0.2) is 35.8 Å². The molecule has 3 rings (SSSR count). The average molecular weight is 380 g/mol. The second kappa shape index (κ2) is 8.91. The Balaban J connectivity index is 1.66. The van der Waals surface area contributed by atoms with Gasteiger partial charge in [0.25, 0.3) is 5.91 Å². The van der Waals surface area contributed by atoms with Crippen LogP contribution in [0.5, 0.6) is 0 Å². The van der Waals surface area contributed by atoms with Gasteiger partial charge in [-0.1, -0.05) is 12.1 Å². The summed E-state index contributed by atoms with van der Waals surface area (Å²) < 4.78 is 0. The zero-order chi connectivity index (χ0) is 20.1. The number of anilines is 2. The maximum Gasteiger partial charge on any atom is 0.255 e. The van der Waals surface area contributed by atoms with E-state index >= 15 is 0 Å². The Morgan fingerprint density at radius 2 is 1.93 bits per heavy atom. The van der Waals surface area contributed by atoms with Gasteiger partial charge in [0.1, 0.15) is 0 Å². The van der Waals surface area contributed by atoms with Crippen molar-refractivity contribution in [3.05, 3.63) is 59.7 Å². The molecule has 28 heavy (non-hydrogen) atoms. The van der Waals surface area contributed by atoms with E-state index in [4.69, 9.17) is 0 Å². The average Bonchev–Trinajstić information content (AvgIpc) is 3.08. The predicted octanol–water partition coefficient (Wildman–Crippen LogP) is 4.30. The topological polar surface area (TPSA) is 52.7 Å². The molecule has 2 aromatic rings. The van der Waals surface area contributed by atoms with Crippen molar-refractivity contribution in [2.24, 2.45) is 0 Å².